The summed E-state index contributed by atoms with van der Waals surface area (Å²) in [5.74, 6) is 0.928. The van der Waals surface area contributed by atoms with Gasteiger partial charge in [0.1, 0.15) is 0 Å². The summed E-state index contributed by atoms with van der Waals surface area (Å²) in [6.07, 6.45) is 36.3. The molecular formula is C42H89N2O3P. The van der Waals surface area contributed by atoms with E-state index in [1.54, 1.807) is 0 Å². The van der Waals surface area contributed by atoms with Crippen LogP contribution < -0.4 is 5.09 Å². The van der Waals surface area contributed by atoms with Gasteiger partial charge in [0.2, 0.25) is 0 Å². The molecule has 0 aromatic rings. The SMILES string of the molecule is CCCCCCCCC(CCCCCCCC)COP(=O)(NCCN(CC)CC)OCC(CCCCCCCC)CCCCCCCC. The van der Waals surface area contributed by atoms with Gasteiger partial charge in [-0.25, -0.2) is 9.65 Å². The van der Waals surface area contributed by atoms with Gasteiger partial charge in [0.05, 0.1) is 13.2 Å². The third-order valence-electron chi connectivity index (χ3n) is 10.5. The molecule has 0 aliphatic rings. The summed E-state index contributed by atoms with van der Waals surface area (Å²) in [4.78, 5) is 2.37. The maximum Gasteiger partial charge on any atom is 0.405 e. The van der Waals surface area contributed by atoms with Gasteiger partial charge in [0.15, 0.2) is 0 Å². The van der Waals surface area contributed by atoms with E-state index in [9.17, 15) is 4.57 Å². The van der Waals surface area contributed by atoms with Crippen LogP contribution in [0.15, 0.2) is 0 Å². The first-order valence-electron chi connectivity index (χ1n) is 21.8. The minimum Gasteiger partial charge on any atom is -0.303 e. The number of hydrogen-bond donors (Lipinski definition) is 1. The van der Waals surface area contributed by atoms with E-state index in [-0.39, 0.29) is 0 Å². The summed E-state index contributed by atoms with van der Waals surface area (Å²) >= 11 is 0. The average Bonchev–Trinajstić information content (AvgIpc) is 3.09. The highest BCUT2D eigenvalue weighted by Crippen LogP contribution is 2.45. The van der Waals surface area contributed by atoms with Gasteiger partial charge in [0.25, 0.3) is 0 Å². The van der Waals surface area contributed by atoms with Crippen LogP contribution in [0.5, 0.6) is 0 Å². The van der Waals surface area contributed by atoms with Gasteiger partial charge in [-0.15, -0.1) is 0 Å². The maximum absolute atomic E-state index is 14.4. The summed E-state index contributed by atoms with van der Waals surface area (Å²) in [7, 11) is -3.40. The van der Waals surface area contributed by atoms with Gasteiger partial charge in [-0.1, -0.05) is 196 Å². The van der Waals surface area contributed by atoms with Gasteiger partial charge < -0.3 is 4.90 Å². The second kappa shape index (κ2) is 36.8. The Balaban J connectivity index is 5.39. The lowest BCUT2D eigenvalue weighted by Gasteiger charge is -2.26. The van der Waals surface area contributed by atoms with Crippen LogP contribution in [0, 0.1) is 11.8 Å². The number of nitrogens with one attached hydrogen (secondary N) is 1. The lowest BCUT2D eigenvalue weighted by Crippen LogP contribution is -2.32. The summed E-state index contributed by atoms with van der Waals surface area (Å²) < 4.78 is 27.3. The highest BCUT2D eigenvalue weighted by molar-refractivity contribution is 7.51. The van der Waals surface area contributed by atoms with Crippen molar-refractivity contribution in [1.82, 2.24) is 9.99 Å². The van der Waals surface area contributed by atoms with Gasteiger partial charge in [-0.2, -0.15) is 0 Å². The number of nitrogens with zero attached hydrogens (tertiary/aromatic N) is 1. The molecule has 0 spiro atoms. The molecule has 0 bridgehead atoms. The van der Waals surface area contributed by atoms with Crippen LogP contribution in [-0.2, 0) is 13.6 Å². The second-order valence-electron chi connectivity index (χ2n) is 15.0. The van der Waals surface area contributed by atoms with Crippen molar-refractivity contribution in [3.05, 3.63) is 0 Å². The fraction of sp³-hybridized carbons (Fsp3) is 1.00. The Kier molecular flexibility index (Phi) is 36.9. The van der Waals surface area contributed by atoms with Crippen LogP contribution in [0.2, 0.25) is 0 Å². The predicted molar refractivity (Wildman–Crippen MR) is 214 cm³/mol. The van der Waals surface area contributed by atoms with Gasteiger partial charge >= 0.3 is 7.75 Å². The third-order valence-corrected chi connectivity index (χ3v) is 12.0. The van der Waals surface area contributed by atoms with E-state index in [0.29, 0.717) is 31.6 Å². The summed E-state index contributed by atoms with van der Waals surface area (Å²) in [5, 5.41) is 3.34. The predicted octanol–water partition coefficient (Wildman–Crippen LogP) is 14.3. The van der Waals surface area contributed by atoms with E-state index in [1.807, 2.05) is 0 Å². The number of unbranched alkanes of at least 4 members (excludes halogenated alkanes) is 20. The second-order valence-corrected chi connectivity index (χ2v) is 16.8. The Labute approximate surface area is 303 Å². The Morgan fingerprint density at radius 2 is 0.750 bits per heavy atom. The molecule has 0 aliphatic heterocycles. The third kappa shape index (κ3) is 30.9. The molecule has 0 aromatic carbocycles. The topological polar surface area (TPSA) is 50.8 Å². The molecule has 48 heavy (non-hydrogen) atoms. The molecule has 0 unspecified atom stereocenters. The van der Waals surface area contributed by atoms with Crippen LogP contribution in [0.1, 0.15) is 221 Å². The molecule has 6 heteroatoms. The summed E-state index contributed by atoms with van der Waals surface area (Å²) in [6, 6.07) is 0. The monoisotopic (exact) mass is 701 g/mol. The molecule has 0 radical (unpaired) electrons. The van der Waals surface area contributed by atoms with Crippen molar-refractivity contribution in [3.63, 3.8) is 0 Å². The Morgan fingerprint density at radius 1 is 0.458 bits per heavy atom. The smallest absolute Gasteiger partial charge is 0.303 e. The van der Waals surface area contributed by atoms with Gasteiger partial charge in [-0.3, -0.25) is 9.05 Å². The minimum atomic E-state index is -3.40. The van der Waals surface area contributed by atoms with E-state index in [2.05, 4.69) is 51.5 Å². The van der Waals surface area contributed by atoms with E-state index in [4.69, 9.17) is 9.05 Å². The molecular weight excluding hydrogens is 611 g/mol. The van der Waals surface area contributed by atoms with Crippen molar-refractivity contribution in [2.75, 3.05) is 39.4 Å². The van der Waals surface area contributed by atoms with Crippen molar-refractivity contribution in [3.8, 4) is 0 Å². The molecule has 1 N–H and O–H groups in total. The normalized spacial score (nSPS) is 12.4. The first kappa shape index (κ1) is 48.1. The number of hydrogen-bond acceptors (Lipinski definition) is 4. The fourth-order valence-corrected chi connectivity index (χ4v) is 8.34. The Hall–Kier alpha value is 0.0700. The van der Waals surface area contributed by atoms with Crippen LogP contribution in [0.4, 0.5) is 0 Å². The molecule has 0 saturated carbocycles. The standard InChI is InChI=1S/C42H89N2O3P/c1-7-13-17-21-25-29-33-41(34-30-26-22-18-14-8-2)39-46-48(45,43-37-38-44(11-5)12-6)47-40-42(35-31-27-23-19-15-9-3)36-32-28-24-20-16-10-4/h41-42H,7-40H2,1-6H3,(H,43,45). The zero-order valence-electron chi connectivity index (χ0n) is 33.8. The molecule has 0 fully saturated rings. The minimum absolute atomic E-state index is 0.464. The molecule has 0 aromatic heterocycles. The van der Waals surface area contributed by atoms with Crippen molar-refractivity contribution in [2.24, 2.45) is 11.8 Å². The van der Waals surface area contributed by atoms with Crippen molar-refractivity contribution >= 4 is 7.75 Å². The molecule has 0 amide bonds. The van der Waals surface area contributed by atoms with Crippen LogP contribution in [0.3, 0.4) is 0 Å². The molecule has 290 valence electrons. The van der Waals surface area contributed by atoms with E-state index >= 15 is 0 Å². The zero-order valence-corrected chi connectivity index (χ0v) is 34.7. The number of likely N-dealkylation sites (N-methyl/N-ethyl adjacent to an activating group) is 1. The van der Waals surface area contributed by atoms with E-state index < -0.39 is 7.75 Å². The van der Waals surface area contributed by atoms with Crippen molar-refractivity contribution in [2.45, 2.75) is 221 Å². The average molecular weight is 701 g/mol. The molecule has 0 saturated heterocycles. The van der Waals surface area contributed by atoms with Crippen molar-refractivity contribution < 1.29 is 13.6 Å². The van der Waals surface area contributed by atoms with Crippen LogP contribution in [-0.4, -0.2) is 44.3 Å². The highest BCUT2D eigenvalue weighted by atomic mass is 31.2. The fourth-order valence-electron chi connectivity index (χ4n) is 6.90. The van der Waals surface area contributed by atoms with Gasteiger partial charge in [-0.05, 0) is 50.6 Å². The van der Waals surface area contributed by atoms with Crippen LogP contribution >= 0.6 is 7.75 Å². The van der Waals surface area contributed by atoms with Crippen molar-refractivity contribution in [1.29, 1.82) is 0 Å². The summed E-state index contributed by atoms with van der Waals surface area (Å²) in [5.41, 5.74) is 0. The quantitative estimate of drug-likeness (QED) is 0.0509. The van der Waals surface area contributed by atoms with E-state index in [1.165, 1.54) is 180 Å². The van der Waals surface area contributed by atoms with E-state index in [0.717, 1.165) is 19.6 Å². The molecule has 0 aliphatic carbocycles. The number of rotatable bonds is 40. The molecule has 0 atom stereocenters. The first-order chi connectivity index (χ1) is 23.5. The lowest BCUT2D eigenvalue weighted by atomic mass is 9.95. The highest BCUT2D eigenvalue weighted by Gasteiger charge is 2.28. The largest absolute Gasteiger partial charge is 0.405 e. The molecule has 0 heterocycles. The lowest BCUT2D eigenvalue weighted by molar-refractivity contribution is 0.139. The van der Waals surface area contributed by atoms with Gasteiger partial charge in [0, 0.05) is 13.1 Å². The Morgan fingerprint density at radius 3 is 1.04 bits per heavy atom. The molecule has 5 nitrogen and oxygen atoms in total. The van der Waals surface area contributed by atoms with Crippen LogP contribution in [0.25, 0.3) is 0 Å². The first-order valence-corrected chi connectivity index (χ1v) is 23.4. The maximum atomic E-state index is 14.4. The molecule has 0 rings (SSSR count). The zero-order chi connectivity index (χ0) is 35.4. The Bertz CT molecular complexity index is 599. The summed E-state index contributed by atoms with van der Waals surface area (Å²) in [6.45, 7) is 18.2.